The molecule has 1 fully saturated rings. The molecule has 2 unspecified atom stereocenters. The van der Waals surface area contributed by atoms with Gasteiger partial charge in [0.1, 0.15) is 5.75 Å². The van der Waals surface area contributed by atoms with E-state index in [2.05, 4.69) is 5.32 Å². The summed E-state index contributed by atoms with van der Waals surface area (Å²) in [4.78, 5) is 36.9. The second kappa shape index (κ2) is 7.10. The molecule has 1 saturated heterocycles. The van der Waals surface area contributed by atoms with Crippen molar-refractivity contribution in [2.24, 2.45) is 5.92 Å². The summed E-state index contributed by atoms with van der Waals surface area (Å²) >= 11 is 0. The minimum Gasteiger partial charge on any atom is -0.495 e. The number of methoxy groups -OCH3 is 1. The van der Waals surface area contributed by atoms with Gasteiger partial charge in [-0.15, -0.1) is 0 Å². The number of aliphatic carboxylic acids is 1. The molecule has 1 aliphatic rings. The molecule has 1 aliphatic heterocycles. The minimum absolute atomic E-state index is 0.0120. The second-order valence-corrected chi connectivity index (χ2v) is 6.38. The highest BCUT2D eigenvalue weighted by molar-refractivity contribution is 6.01. The van der Waals surface area contributed by atoms with Gasteiger partial charge in [0.2, 0.25) is 11.8 Å². The van der Waals surface area contributed by atoms with Gasteiger partial charge in [-0.25, -0.2) is 4.79 Å². The number of rotatable bonds is 6. The number of hydrogen-bond acceptors (Lipinski definition) is 5. The van der Waals surface area contributed by atoms with Crippen LogP contribution in [0.2, 0.25) is 0 Å². The van der Waals surface area contributed by atoms with Crippen LogP contribution in [-0.2, 0) is 14.4 Å². The van der Waals surface area contributed by atoms with E-state index in [1.165, 1.54) is 12.0 Å². The van der Waals surface area contributed by atoms with E-state index >= 15 is 0 Å². The zero-order valence-electron chi connectivity index (χ0n) is 14.4. The van der Waals surface area contributed by atoms with Crippen LogP contribution in [-0.4, -0.2) is 53.8 Å². The Bertz CT molecular complexity index is 700. The molecule has 3 N–H and O–H groups in total. The van der Waals surface area contributed by atoms with Crippen molar-refractivity contribution in [3.63, 3.8) is 0 Å². The molecule has 1 heterocycles. The predicted molar refractivity (Wildman–Crippen MR) is 89.5 cm³/mol. The van der Waals surface area contributed by atoms with E-state index in [0.29, 0.717) is 11.4 Å². The Morgan fingerprint density at radius 2 is 2.12 bits per heavy atom. The van der Waals surface area contributed by atoms with E-state index in [1.807, 2.05) is 19.1 Å². The van der Waals surface area contributed by atoms with Crippen LogP contribution in [0.15, 0.2) is 18.2 Å². The number of carbonyl (C=O) groups excluding carboxylic acids is 2. The number of carbonyl (C=O) groups is 3. The summed E-state index contributed by atoms with van der Waals surface area (Å²) in [6.45, 7) is 2.72. The van der Waals surface area contributed by atoms with Gasteiger partial charge in [-0.2, -0.15) is 0 Å². The first-order chi connectivity index (χ1) is 11.7. The van der Waals surface area contributed by atoms with Crippen molar-refractivity contribution in [1.82, 2.24) is 5.32 Å². The van der Waals surface area contributed by atoms with Crippen molar-refractivity contribution in [3.05, 3.63) is 23.8 Å². The smallest absolute Gasteiger partial charge is 0.337 e. The zero-order chi connectivity index (χ0) is 18.8. The zero-order valence-corrected chi connectivity index (χ0v) is 14.4. The van der Waals surface area contributed by atoms with E-state index < -0.39 is 29.9 Å². The molecule has 2 amide bonds. The number of aliphatic hydroxyl groups is 1. The van der Waals surface area contributed by atoms with Gasteiger partial charge in [0.15, 0.2) is 5.60 Å². The molecular weight excluding hydrogens is 328 g/mol. The fraction of sp³-hybridized carbons (Fsp3) is 0.471. The number of carboxylic acids is 1. The molecular formula is C17H22N2O6. The van der Waals surface area contributed by atoms with Gasteiger partial charge in [0.05, 0.1) is 25.3 Å². The maximum Gasteiger partial charge on any atom is 0.337 e. The van der Waals surface area contributed by atoms with Crippen LogP contribution in [0.4, 0.5) is 5.69 Å². The monoisotopic (exact) mass is 350 g/mol. The minimum atomic E-state index is -2.06. The van der Waals surface area contributed by atoms with Crippen LogP contribution in [0.5, 0.6) is 5.75 Å². The van der Waals surface area contributed by atoms with Gasteiger partial charge >= 0.3 is 5.97 Å². The van der Waals surface area contributed by atoms with Gasteiger partial charge in [-0.05, 0) is 31.5 Å². The molecule has 2 atom stereocenters. The third-order valence-electron chi connectivity index (χ3n) is 4.19. The summed E-state index contributed by atoms with van der Waals surface area (Å²) in [5, 5.41) is 20.9. The van der Waals surface area contributed by atoms with Crippen molar-refractivity contribution in [2.45, 2.75) is 25.9 Å². The molecule has 0 spiro atoms. The van der Waals surface area contributed by atoms with E-state index in [9.17, 15) is 19.5 Å². The van der Waals surface area contributed by atoms with Crippen molar-refractivity contribution in [3.8, 4) is 5.75 Å². The Morgan fingerprint density at radius 1 is 1.44 bits per heavy atom. The molecule has 8 heteroatoms. The van der Waals surface area contributed by atoms with Gasteiger partial charge < -0.3 is 25.2 Å². The molecule has 8 nitrogen and oxygen atoms in total. The molecule has 0 bridgehead atoms. The van der Waals surface area contributed by atoms with Crippen LogP contribution in [0.25, 0.3) is 0 Å². The highest BCUT2D eigenvalue weighted by atomic mass is 16.5. The van der Waals surface area contributed by atoms with E-state index in [0.717, 1.165) is 12.5 Å². The molecule has 0 saturated carbocycles. The average molecular weight is 350 g/mol. The van der Waals surface area contributed by atoms with Crippen molar-refractivity contribution in [1.29, 1.82) is 0 Å². The predicted octanol–water partition coefficient (Wildman–Crippen LogP) is 0.308. The van der Waals surface area contributed by atoms with Crippen LogP contribution in [0, 0.1) is 12.8 Å². The number of ether oxygens (including phenoxy) is 1. The van der Waals surface area contributed by atoms with Crippen molar-refractivity contribution < 1.29 is 29.3 Å². The number of anilines is 1. The van der Waals surface area contributed by atoms with Crippen LogP contribution in [0.3, 0.4) is 0 Å². The van der Waals surface area contributed by atoms with Gasteiger partial charge in [0.25, 0.3) is 0 Å². The lowest BCUT2D eigenvalue weighted by Gasteiger charge is -2.21. The van der Waals surface area contributed by atoms with Gasteiger partial charge in [0, 0.05) is 13.0 Å². The van der Waals surface area contributed by atoms with E-state index in [1.54, 1.807) is 6.07 Å². The topological polar surface area (TPSA) is 116 Å². The molecule has 136 valence electrons. The lowest BCUT2D eigenvalue weighted by molar-refractivity contribution is -0.156. The molecule has 0 radical (unpaired) electrons. The lowest BCUT2D eigenvalue weighted by atomic mass is 10.1. The van der Waals surface area contributed by atoms with Gasteiger partial charge in [-0.3, -0.25) is 9.59 Å². The Hall–Kier alpha value is -2.61. The summed E-state index contributed by atoms with van der Waals surface area (Å²) in [6, 6.07) is 5.43. The molecule has 1 aromatic carbocycles. The Kier molecular flexibility index (Phi) is 5.32. The number of amides is 2. The highest BCUT2D eigenvalue weighted by Gasteiger charge is 2.38. The fourth-order valence-corrected chi connectivity index (χ4v) is 2.61. The third kappa shape index (κ3) is 4.08. The second-order valence-electron chi connectivity index (χ2n) is 6.38. The SMILES string of the molecule is COc1ccc(C)cc1N1CC(C(=O)NCC(C)(O)C(=O)O)CC1=O. The number of nitrogens with zero attached hydrogens (tertiary/aromatic N) is 1. The first kappa shape index (κ1) is 18.7. The highest BCUT2D eigenvalue weighted by Crippen LogP contribution is 2.33. The Balaban J connectivity index is 2.09. The Labute approximate surface area is 145 Å². The van der Waals surface area contributed by atoms with Crippen molar-refractivity contribution in [2.75, 3.05) is 25.1 Å². The third-order valence-corrected chi connectivity index (χ3v) is 4.19. The number of carboxylic acid groups (broad SMARTS) is 1. The molecule has 1 aromatic rings. The standard InChI is InChI=1S/C17H22N2O6/c1-10-4-5-13(25-3)12(6-10)19-8-11(7-14(19)20)15(21)18-9-17(2,24)16(22)23/h4-6,11,24H,7-9H2,1-3H3,(H,18,21)(H,22,23). The van der Waals surface area contributed by atoms with Crippen LogP contribution >= 0.6 is 0 Å². The summed E-state index contributed by atoms with van der Waals surface area (Å²) in [5.74, 6) is -2.20. The quantitative estimate of drug-likeness (QED) is 0.680. The number of nitrogens with one attached hydrogen (secondary N) is 1. The number of benzene rings is 1. The normalized spacial score (nSPS) is 19.4. The average Bonchev–Trinajstić information content (AvgIpc) is 2.94. The lowest BCUT2D eigenvalue weighted by Crippen LogP contribution is -2.48. The van der Waals surface area contributed by atoms with E-state index in [-0.39, 0.29) is 18.9 Å². The largest absolute Gasteiger partial charge is 0.495 e. The maximum absolute atomic E-state index is 12.3. The molecule has 25 heavy (non-hydrogen) atoms. The summed E-state index contributed by atoms with van der Waals surface area (Å²) in [5.41, 5.74) is -0.508. The van der Waals surface area contributed by atoms with Crippen LogP contribution in [0.1, 0.15) is 18.9 Å². The summed E-state index contributed by atoms with van der Waals surface area (Å²) in [7, 11) is 1.51. The number of hydrogen-bond donors (Lipinski definition) is 3. The van der Waals surface area contributed by atoms with Crippen LogP contribution < -0.4 is 15.0 Å². The van der Waals surface area contributed by atoms with E-state index in [4.69, 9.17) is 9.84 Å². The molecule has 0 aromatic heterocycles. The Morgan fingerprint density at radius 3 is 2.72 bits per heavy atom. The fourth-order valence-electron chi connectivity index (χ4n) is 2.61. The number of aryl methyl sites for hydroxylation is 1. The maximum atomic E-state index is 12.3. The first-order valence-corrected chi connectivity index (χ1v) is 7.84. The van der Waals surface area contributed by atoms with Crippen molar-refractivity contribution >= 4 is 23.5 Å². The summed E-state index contributed by atoms with van der Waals surface area (Å²) < 4.78 is 5.28. The first-order valence-electron chi connectivity index (χ1n) is 7.84. The van der Waals surface area contributed by atoms with Gasteiger partial charge in [-0.1, -0.05) is 6.07 Å². The molecule has 0 aliphatic carbocycles. The summed E-state index contributed by atoms with van der Waals surface area (Å²) in [6.07, 6.45) is 0.0120. The molecule has 2 rings (SSSR count).